The van der Waals surface area contributed by atoms with E-state index in [1.807, 2.05) is 6.08 Å². The molecule has 0 aliphatic rings. The van der Waals surface area contributed by atoms with Crippen LogP contribution in [0.3, 0.4) is 0 Å². The first-order valence-corrected chi connectivity index (χ1v) is 5.76. The lowest BCUT2D eigenvalue weighted by Crippen LogP contribution is -2.26. The number of nitrogens with one attached hydrogen (secondary N) is 1. The summed E-state index contributed by atoms with van der Waals surface area (Å²) in [7, 11) is 0. The van der Waals surface area contributed by atoms with Crippen molar-refractivity contribution in [3.8, 4) is 0 Å². The van der Waals surface area contributed by atoms with Gasteiger partial charge in [-0.3, -0.25) is 0 Å². The van der Waals surface area contributed by atoms with Crippen molar-refractivity contribution in [2.75, 3.05) is 13.2 Å². The Hall–Kier alpha value is -0.340. The number of hydrogen-bond acceptors (Lipinski definition) is 2. The molecule has 0 aromatic heterocycles. The minimum atomic E-state index is 0.325. The van der Waals surface area contributed by atoms with Crippen LogP contribution in [-0.2, 0) is 0 Å². The lowest BCUT2D eigenvalue weighted by Gasteiger charge is -2.12. The van der Waals surface area contributed by atoms with Gasteiger partial charge in [-0.1, -0.05) is 6.08 Å². The van der Waals surface area contributed by atoms with E-state index in [0.717, 1.165) is 25.8 Å². The van der Waals surface area contributed by atoms with E-state index in [2.05, 4.69) is 18.8 Å². The predicted molar refractivity (Wildman–Crippen MR) is 62.4 cm³/mol. The largest absolute Gasteiger partial charge is 0.396 e. The highest BCUT2D eigenvalue weighted by Crippen LogP contribution is 2.00. The van der Waals surface area contributed by atoms with Crippen LogP contribution in [0.1, 0.15) is 45.4 Å². The maximum Gasteiger partial charge on any atom is 0.0431 e. The first kappa shape index (κ1) is 13.7. The van der Waals surface area contributed by atoms with Gasteiger partial charge in [-0.15, -0.1) is 6.58 Å². The van der Waals surface area contributed by atoms with Gasteiger partial charge in [0.25, 0.3) is 0 Å². The zero-order chi connectivity index (χ0) is 10.6. The molecule has 0 aromatic carbocycles. The van der Waals surface area contributed by atoms with Gasteiger partial charge in [0.05, 0.1) is 0 Å². The topological polar surface area (TPSA) is 32.3 Å². The van der Waals surface area contributed by atoms with E-state index in [9.17, 15) is 0 Å². The van der Waals surface area contributed by atoms with Gasteiger partial charge in [0.15, 0.2) is 0 Å². The Balaban J connectivity index is 3.09. The molecule has 1 atom stereocenters. The van der Waals surface area contributed by atoms with Crippen LogP contribution in [0.4, 0.5) is 0 Å². The lowest BCUT2D eigenvalue weighted by molar-refractivity contribution is 0.280. The van der Waals surface area contributed by atoms with Crippen LogP contribution in [0, 0.1) is 0 Å². The second-order valence-electron chi connectivity index (χ2n) is 3.86. The van der Waals surface area contributed by atoms with Gasteiger partial charge in [-0.25, -0.2) is 0 Å². The second kappa shape index (κ2) is 10.7. The Labute approximate surface area is 88.4 Å². The van der Waals surface area contributed by atoms with Crippen molar-refractivity contribution in [2.24, 2.45) is 0 Å². The maximum absolute atomic E-state index is 8.62. The molecular formula is C12H25NO. The zero-order valence-electron chi connectivity index (χ0n) is 9.47. The summed E-state index contributed by atoms with van der Waals surface area (Å²) in [5, 5.41) is 12.1. The standard InChI is InChI=1S/C12H25NO/c1-3-4-5-7-10-13-12(2)9-6-8-11-14/h3,12-14H,1,4-11H2,2H3. The van der Waals surface area contributed by atoms with Crippen LogP contribution in [0.2, 0.25) is 0 Å². The van der Waals surface area contributed by atoms with E-state index in [-0.39, 0.29) is 0 Å². The van der Waals surface area contributed by atoms with Gasteiger partial charge < -0.3 is 10.4 Å². The number of aliphatic hydroxyl groups is 1. The molecule has 0 rings (SSSR count). The highest BCUT2D eigenvalue weighted by atomic mass is 16.2. The molecule has 0 aliphatic heterocycles. The molecule has 0 fully saturated rings. The molecule has 2 N–H and O–H groups in total. The Morgan fingerprint density at radius 2 is 2.07 bits per heavy atom. The van der Waals surface area contributed by atoms with Crippen molar-refractivity contribution in [1.82, 2.24) is 5.32 Å². The summed E-state index contributed by atoms with van der Waals surface area (Å²) < 4.78 is 0. The van der Waals surface area contributed by atoms with E-state index >= 15 is 0 Å². The minimum absolute atomic E-state index is 0.325. The Bertz CT molecular complexity index is 125. The summed E-state index contributed by atoms with van der Waals surface area (Å²) in [5.74, 6) is 0. The van der Waals surface area contributed by atoms with Gasteiger partial charge >= 0.3 is 0 Å². The average molecular weight is 199 g/mol. The Morgan fingerprint density at radius 3 is 2.71 bits per heavy atom. The van der Waals surface area contributed by atoms with Gasteiger partial charge in [0, 0.05) is 12.6 Å². The number of unbranched alkanes of at least 4 members (excludes halogenated alkanes) is 3. The molecule has 0 aromatic rings. The molecule has 0 spiro atoms. The Kier molecular flexibility index (Phi) is 10.5. The van der Waals surface area contributed by atoms with E-state index < -0.39 is 0 Å². The predicted octanol–water partition coefficient (Wildman–Crippen LogP) is 2.48. The normalized spacial score (nSPS) is 12.7. The average Bonchev–Trinajstić information content (AvgIpc) is 2.18. The molecule has 0 bridgehead atoms. The van der Waals surface area contributed by atoms with Crippen molar-refractivity contribution in [3.05, 3.63) is 12.7 Å². The molecule has 0 saturated heterocycles. The fourth-order valence-electron chi connectivity index (χ4n) is 1.43. The van der Waals surface area contributed by atoms with Crippen LogP contribution in [-0.4, -0.2) is 24.3 Å². The minimum Gasteiger partial charge on any atom is -0.396 e. The van der Waals surface area contributed by atoms with E-state index in [1.165, 1.54) is 19.3 Å². The van der Waals surface area contributed by atoms with Crippen LogP contribution < -0.4 is 5.32 Å². The summed E-state index contributed by atoms with van der Waals surface area (Å²) in [6.07, 6.45) is 8.79. The van der Waals surface area contributed by atoms with Crippen molar-refractivity contribution < 1.29 is 5.11 Å². The summed E-state index contributed by atoms with van der Waals surface area (Å²) >= 11 is 0. The number of rotatable bonds is 10. The summed E-state index contributed by atoms with van der Waals surface area (Å²) in [4.78, 5) is 0. The molecule has 0 saturated carbocycles. The van der Waals surface area contributed by atoms with Crippen LogP contribution in [0.15, 0.2) is 12.7 Å². The Morgan fingerprint density at radius 1 is 1.29 bits per heavy atom. The molecule has 1 unspecified atom stereocenters. The van der Waals surface area contributed by atoms with Gasteiger partial charge in [0.2, 0.25) is 0 Å². The summed E-state index contributed by atoms with van der Waals surface area (Å²) in [6.45, 7) is 7.34. The quantitative estimate of drug-likeness (QED) is 0.418. The second-order valence-corrected chi connectivity index (χ2v) is 3.86. The fourth-order valence-corrected chi connectivity index (χ4v) is 1.43. The third kappa shape index (κ3) is 9.75. The molecule has 0 heterocycles. The highest BCUT2D eigenvalue weighted by Gasteiger charge is 1.99. The van der Waals surface area contributed by atoms with Crippen LogP contribution >= 0.6 is 0 Å². The van der Waals surface area contributed by atoms with Gasteiger partial charge in [0.1, 0.15) is 0 Å². The van der Waals surface area contributed by atoms with Crippen molar-refractivity contribution in [2.45, 2.75) is 51.5 Å². The third-order valence-electron chi connectivity index (χ3n) is 2.37. The monoisotopic (exact) mass is 199 g/mol. The highest BCUT2D eigenvalue weighted by molar-refractivity contribution is 4.66. The van der Waals surface area contributed by atoms with E-state index in [0.29, 0.717) is 12.6 Å². The van der Waals surface area contributed by atoms with Crippen LogP contribution in [0.5, 0.6) is 0 Å². The summed E-state index contributed by atoms with van der Waals surface area (Å²) in [6, 6.07) is 0.588. The number of allylic oxidation sites excluding steroid dienone is 1. The molecule has 2 heteroatoms. The molecule has 2 nitrogen and oxygen atoms in total. The molecule has 0 aliphatic carbocycles. The first-order chi connectivity index (χ1) is 6.81. The summed E-state index contributed by atoms with van der Waals surface area (Å²) in [5.41, 5.74) is 0. The molecule has 14 heavy (non-hydrogen) atoms. The molecular weight excluding hydrogens is 174 g/mol. The first-order valence-electron chi connectivity index (χ1n) is 5.76. The van der Waals surface area contributed by atoms with Crippen molar-refractivity contribution in [3.63, 3.8) is 0 Å². The number of aliphatic hydroxyl groups excluding tert-OH is 1. The third-order valence-corrected chi connectivity index (χ3v) is 2.37. The smallest absolute Gasteiger partial charge is 0.0431 e. The van der Waals surface area contributed by atoms with E-state index in [1.54, 1.807) is 0 Å². The van der Waals surface area contributed by atoms with E-state index in [4.69, 9.17) is 5.11 Å². The van der Waals surface area contributed by atoms with Crippen molar-refractivity contribution >= 4 is 0 Å². The molecule has 84 valence electrons. The van der Waals surface area contributed by atoms with Gasteiger partial charge in [-0.05, 0) is 52.0 Å². The lowest BCUT2D eigenvalue weighted by atomic mass is 10.1. The maximum atomic E-state index is 8.62. The fraction of sp³-hybridized carbons (Fsp3) is 0.833. The SMILES string of the molecule is C=CCCCCNC(C)CCCCO. The number of hydrogen-bond donors (Lipinski definition) is 2. The molecule has 0 radical (unpaired) electrons. The molecule has 0 amide bonds. The van der Waals surface area contributed by atoms with Gasteiger partial charge in [-0.2, -0.15) is 0 Å². The van der Waals surface area contributed by atoms with Crippen LogP contribution in [0.25, 0.3) is 0 Å². The zero-order valence-corrected chi connectivity index (χ0v) is 9.47. The van der Waals surface area contributed by atoms with Crippen molar-refractivity contribution in [1.29, 1.82) is 0 Å².